The fourth-order valence-corrected chi connectivity index (χ4v) is 9.89. The van der Waals surface area contributed by atoms with Crippen molar-refractivity contribution in [1.29, 1.82) is 0 Å². The van der Waals surface area contributed by atoms with Crippen LogP contribution in [0.15, 0.2) is 115 Å². The van der Waals surface area contributed by atoms with Gasteiger partial charge < -0.3 is 0 Å². The summed E-state index contributed by atoms with van der Waals surface area (Å²) < 4.78 is 0. The molecule has 0 N–H and O–H groups in total. The molecule has 28 heavy (non-hydrogen) atoms. The van der Waals surface area contributed by atoms with Crippen LogP contribution in [0, 0.1) is 0 Å². The SMILES string of the molecule is C=PP(c1ccccc1)c1ccccc1P(c1ccccc1)c1ccccc1. The lowest BCUT2D eigenvalue weighted by Gasteiger charge is -2.25. The van der Waals surface area contributed by atoms with Crippen LogP contribution in [0.1, 0.15) is 0 Å². The molecule has 3 heteroatoms. The molecular weight excluding hydrogens is 393 g/mol. The van der Waals surface area contributed by atoms with Crippen molar-refractivity contribution >= 4 is 56.2 Å². The Kier molecular flexibility index (Phi) is 6.46. The first-order valence-electron chi connectivity index (χ1n) is 9.19. The Morgan fingerprint density at radius 1 is 0.464 bits per heavy atom. The van der Waals surface area contributed by atoms with E-state index >= 15 is 0 Å². The smallest absolute Gasteiger partial charge is 0.00906 e. The summed E-state index contributed by atoms with van der Waals surface area (Å²) in [6.07, 6.45) is 4.29. The minimum Gasteiger partial charge on any atom is -0.0740 e. The van der Waals surface area contributed by atoms with Crippen LogP contribution in [0.25, 0.3) is 0 Å². The molecule has 0 fully saturated rings. The van der Waals surface area contributed by atoms with E-state index in [-0.39, 0.29) is 0 Å². The zero-order valence-electron chi connectivity index (χ0n) is 15.5. The van der Waals surface area contributed by atoms with Crippen molar-refractivity contribution in [1.82, 2.24) is 0 Å². The van der Waals surface area contributed by atoms with Gasteiger partial charge in [0.15, 0.2) is 0 Å². The molecule has 0 saturated carbocycles. The van der Waals surface area contributed by atoms with E-state index < -0.39 is 15.5 Å². The molecule has 0 nitrogen and oxygen atoms in total. The van der Waals surface area contributed by atoms with Gasteiger partial charge in [-0.2, -0.15) is 0 Å². The van der Waals surface area contributed by atoms with E-state index in [1.54, 1.807) is 0 Å². The van der Waals surface area contributed by atoms with E-state index in [0.29, 0.717) is 0 Å². The molecule has 0 aliphatic heterocycles. The Bertz CT molecular complexity index is 991. The van der Waals surface area contributed by atoms with Crippen molar-refractivity contribution in [3.05, 3.63) is 115 Å². The highest BCUT2D eigenvalue weighted by Crippen LogP contribution is 2.47. The second kappa shape index (κ2) is 9.41. The zero-order chi connectivity index (χ0) is 19.2. The third-order valence-electron chi connectivity index (χ3n) is 4.52. The topological polar surface area (TPSA) is 0 Å². The van der Waals surface area contributed by atoms with Crippen LogP contribution < -0.4 is 26.5 Å². The molecule has 0 spiro atoms. The van der Waals surface area contributed by atoms with Gasteiger partial charge in [0, 0.05) is 7.61 Å². The van der Waals surface area contributed by atoms with Gasteiger partial charge in [0.2, 0.25) is 0 Å². The fourth-order valence-electron chi connectivity index (χ4n) is 3.28. The van der Waals surface area contributed by atoms with Gasteiger partial charge in [0.1, 0.15) is 0 Å². The Labute approximate surface area is 171 Å². The van der Waals surface area contributed by atoms with Crippen molar-refractivity contribution in [2.45, 2.75) is 0 Å². The third-order valence-corrected chi connectivity index (χ3v) is 11.3. The highest BCUT2D eigenvalue weighted by atomic mass is 32.0. The molecule has 0 aromatic heterocycles. The van der Waals surface area contributed by atoms with Gasteiger partial charge in [-0.1, -0.05) is 129 Å². The standard InChI is InChI=1S/C25H21P3/c1-26-28(23-17-9-4-10-18-23)25-20-12-11-19-24(25)27(21-13-5-2-6-14-21)22-15-7-3-8-16-22/h2-20H,1H2. The lowest BCUT2D eigenvalue weighted by Crippen LogP contribution is -2.30. The summed E-state index contributed by atoms with van der Waals surface area (Å²) in [7, 11) is 0.0617. The molecule has 0 amide bonds. The first kappa shape index (κ1) is 19.2. The second-order valence-corrected chi connectivity index (χ2v) is 12.4. The first-order valence-corrected chi connectivity index (χ1v) is 13.7. The van der Waals surface area contributed by atoms with Crippen molar-refractivity contribution in [3.63, 3.8) is 0 Å². The predicted octanol–water partition coefficient (Wildman–Crippen LogP) is 5.17. The van der Waals surface area contributed by atoms with Gasteiger partial charge in [-0.3, -0.25) is 0 Å². The largest absolute Gasteiger partial charge is 0.0740 e. The number of rotatable bonds is 6. The Morgan fingerprint density at radius 2 is 0.857 bits per heavy atom. The number of benzene rings is 4. The molecule has 136 valence electrons. The van der Waals surface area contributed by atoms with Crippen molar-refractivity contribution in [2.75, 3.05) is 0 Å². The van der Waals surface area contributed by atoms with Gasteiger partial charge in [0.05, 0.1) is 0 Å². The summed E-state index contributed by atoms with van der Waals surface area (Å²) in [5.41, 5.74) is 0. The summed E-state index contributed by atoms with van der Waals surface area (Å²) in [4.78, 5) is 0. The summed E-state index contributed by atoms with van der Waals surface area (Å²) in [5.74, 6) is 0. The Hall–Kier alpha value is -2.09. The lowest BCUT2D eigenvalue weighted by molar-refractivity contribution is 1.75. The van der Waals surface area contributed by atoms with Crippen LogP contribution in [-0.2, 0) is 0 Å². The monoisotopic (exact) mass is 414 g/mol. The highest BCUT2D eigenvalue weighted by molar-refractivity contribution is 8.27. The molecule has 1 unspecified atom stereocenters. The van der Waals surface area contributed by atoms with Gasteiger partial charge in [-0.05, 0) is 34.4 Å². The predicted molar refractivity (Wildman–Crippen MR) is 132 cm³/mol. The minimum absolute atomic E-state index is 0.505. The maximum atomic E-state index is 4.29. The van der Waals surface area contributed by atoms with Gasteiger partial charge in [0.25, 0.3) is 0 Å². The van der Waals surface area contributed by atoms with Crippen molar-refractivity contribution < 1.29 is 0 Å². The summed E-state index contributed by atoms with van der Waals surface area (Å²) in [5, 5.41) is 7.05. The molecule has 4 aromatic rings. The highest BCUT2D eigenvalue weighted by Gasteiger charge is 2.23. The fraction of sp³-hybridized carbons (Fsp3) is 0. The molecule has 4 aromatic carbocycles. The Balaban J connectivity index is 1.90. The lowest BCUT2D eigenvalue weighted by atomic mass is 10.3. The van der Waals surface area contributed by atoms with E-state index in [0.717, 1.165) is 0 Å². The average Bonchev–Trinajstić information content (AvgIpc) is 2.78. The van der Waals surface area contributed by atoms with Crippen LogP contribution in [0.2, 0.25) is 0 Å². The van der Waals surface area contributed by atoms with E-state index in [1.807, 2.05) is 0 Å². The summed E-state index contributed by atoms with van der Waals surface area (Å²) in [6.45, 7) is 0. The molecule has 0 aliphatic carbocycles. The number of hydrogen-bond acceptors (Lipinski definition) is 0. The molecule has 0 aliphatic rings. The zero-order valence-corrected chi connectivity index (χ0v) is 18.2. The molecule has 0 bridgehead atoms. The third kappa shape index (κ3) is 4.16. The number of hydrogen-bond donors (Lipinski definition) is 0. The van der Waals surface area contributed by atoms with E-state index in [1.165, 1.54) is 34.4 Å². The summed E-state index contributed by atoms with van der Waals surface area (Å²) >= 11 is 0. The van der Waals surface area contributed by atoms with Crippen LogP contribution in [0.3, 0.4) is 0 Å². The normalized spacial score (nSPS) is 12.2. The van der Waals surface area contributed by atoms with Crippen LogP contribution in [-0.4, -0.2) is 6.30 Å². The van der Waals surface area contributed by atoms with Crippen LogP contribution in [0.4, 0.5) is 0 Å². The minimum atomic E-state index is -0.611. The second-order valence-electron chi connectivity index (χ2n) is 6.28. The van der Waals surface area contributed by atoms with Gasteiger partial charge in [-0.25, -0.2) is 0 Å². The molecular formula is C25H21P3. The van der Waals surface area contributed by atoms with Gasteiger partial charge >= 0.3 is 0 Å². The molecule has 0 radical (unpaired) electrons. The molecule has 0 saturated heterocycles. The molecule has 0 heterocycles. The van der Waals surface area contributed by atoms with E-state index in [9.17, 15) is 0 Å². The molecule has 4 rings (SSSR count). The maximum Gasteiger partial charge on any atom is 0.00906 e. The van der Waals surface area contributed by atoms with Crippen LogP contribution >= 0.6 is 23.4 Å². The maximum absolute atomic E-state index is 4.29. The van der Waals surface area contributed by atoms with E-state index in [2.05, 4.69) is 122 Å². The first-order chi connectivity index (χ1) is 13.9. The van der Waals surface area contributed by atoms with E-state index in [4.69, 9.17) is 0 Å². The average molecular weight is 414 g/mol. The van der Waals surface area contributed by atoms with Crippen molar-refractivity contribution in [3.8, 4) is 0 Å². The van der Waals surface area contributed by atoms with Crippen LogP contribution in [0.5, 0.6) is 0 Å². The Morgan fingerprint density at radius 3 is 1.32 bits per heavy atom. The summed E-state index contributed by atoms with van der Waals surface area (Å²) in [6, 6.07) is 41.7. The van der Waals surface area contributed by atoms with Crippen molar-refractivity contribution in [2.24, 2.45) is 0 Å². The van der Waals surface area contributed by atoms with Gasteiger partial charge in [-0.15, -0.1) is 0 Å². The molecule has 1 atom stereocenters. The quantitative estimate of drug-likeness (QED) is 0.382.